The molecule has 0 amide bonds. The molecular weight excluding hydrogens is 192 g/mol. The van der Waals surface area contributed by atoms with E-state index < -0.39 is 0 Å². The summed E-state index contributed by atoms with van der Waals surface area (Å²) in [6, 6.07) is 0.334. The Labute approximate surface area is 90.8 Å². The summed E-state index contributed by atoms with van der Waals surface area (Å²) >= 11 is 0. The quantitative estimate of drug-likeness (QED) is 0.732. The zero-order valence-electron chi connectivity index (χ0n) is 9.73. The number of ether oxygens (including phenoxy) is 1. The normalized spacial score (nSPS) is 13.0. The first kappa shape index (κ1) is 12.1. The molecule has 0 aliphatic carbocycles. The van der Waals surface area contributed by atoms with Crippen LogP contribution in [-0.4, -0.2) is 35.0 Å². The molecule has 1 aromatic heterocycles. The van der Waals surface area contributed by atoms with Crippen molar-refractivity contribution in [2.24, 2.45) is 0 Å². The van der Waals surface area contributed by atoms with E-state index in [0.29, 0.717) is 6.04 Å². The fraction of sp³-hybridized carbons (Fsp3) is 0.800. The number of methoxy groups -OCH3 is 1. The van der Waals surface area contributed by atoms with Gasteiger partial charge in [-0.3, -0.25) is 0 Å². The van der Waals surface area contributed by atoms with Gasteiger partial charge in [0, 0.05) is 13.7 Å². The van der Waals surface area contributed by atoms with Gasteiger partial charge in [-0.05, 0) is 19.9 Å². The average Bonchev–Trinajstić information content (AvgIpc) is 2.71. The molecule has 1 unspecified atom stereocenters. The first-order chi connectivity index (χ1) is 7.29. The molecule has 0 aliphatic rings. The fourth-order valence-electron chi connectivity index (χ4n) is 1.42. The van der Waals surface area contributed by atoms with Gasteiger partial charge in [-0.2, -0.15) is 5.10 Å². The molecule has 0 bridgehead atoms. The van der Waals surface area contributed by atoms with Crippen LogP contribution < -0.4 is 5.32 Å². The topological polar surface area (TPSA) is 52.0 Å². The van der Waals surface area contributed by atoms with Crippen LogP contribution in [0.4, 0.5) is 0 Å². The Morgan fingerprint density at radius 1 is 1.60 bits per heavy atom. The molecule has 5 nitrogen and oxygen atoms in total. The minimum Gasteiger partial charge on any atom is -0.385 e. The molecule has 0 fully saturated rings. The van der Waals surface area contributed by atoms with Crippen LogP contribution in [0, 0.1) is 0 Å². The van der Waals surface area contributed by atoms with Gasteiger partial charge < -0.3 is 10.1 Å². The molecule has 15 heavy (non-hydrogen) atoms. The summed E-state index contributed by atoms with van der Waals surface area (Å²) in [5.74, 6) is 0.987. The molecule has 0 spiro atoms. The van der Waals surface area contributed by atoms with Crippen LogP contribution in [0.15, 0.2) is 6.33 Å². The number of nitrogens with zero attached hydrogens (tertiary/aromatic N) is 3. The fourth-order valence-corrected chi connectivity index (χ4v) is 1.42. The van der Waals surface area contributed by atoms with Crippen LogP contribution in [0.2, 0.25) is 0 Å². The minimum absolute atomic E-state index is 0.334. The van der Waals surface area contributed by atoms with Crippen LogP contribution in [0.5, 0.6) is 0 Å². The molecule has 0 aliphatic heterocycles. The van der Waals surface area contributed by atoms with E-state index in [1.807, 2.05) is 4.68 Å². The van der Waals surface area contributed by atoms with E-state index in [2.05, 4.69) is 29.2 Å². The van der Waals surface area contributed by atoms with Gasteiger partial charge in [0.2, 0.25) is 0 Å². The maximum Gasteiger partial charge on any atom is 0.141 e. The Morgan fingerprint density at radius 3 is 3.07 bits per heavy atom. The van der Waals surface area contributed by atoms with Crippen molar-refractivity contribution >= 4 is 0 Å². The third-order valence-corrected chi connectivity index (χ3v) is 2.34. The minimum atomic E-state index is 0.334. The zero-order chi connectivity index (χ0) is 11.1. The second-order valence-electron chi connectivity index (χ2n) is 3.53. The first-order valence-electron chi connectivity index (χ1n) is 5.37. The lowest BCUT2D eigenvalue weighted by molar-refractivity contribution is 0.178. The Bertz CT molecular complexity index is 274. The highest BCUT2D eigenvalue weighted by Gasteiger charge is 2.10. The van der Waals surface area contributed by atoms with Gasteiger partial charge >= 0.3 is 0 Å². The number of nitrogens with one attached hydrogen (secondary N) is 1. The lowest BCUT2D eigenvalue weighted by Crippen LogP contribution is -2.19. The largest absolute Gasteiger partial charge is 0.385 e. The molecule has 1 heterocycles. The van der Waals surface area contributed by atoms with Crippen molar-refractivity contribution in [2.45, 2.75) is 32.9 Å². The third kappa shape index (κ3) is 3.60. The van der Waals surface area contributed by atoms with Crippen LogP contribution >= 0.6 is 0 Å². The summed E-state index contributed by atoms with van der Waals surface area (Å²) in [4.78, 5) is 4.23. The summed E-state index contributed by atoms with van der Waals surface area (Å²) in [6.07, 6.45) is 2.56. The Hall–Kier alpha value is -0.940. The van der Waals surface area contributed by atoms with Crippen LogP contribution in [0.1, 0.15) is 32.1 Å². The lowest BCUT2D eigenvalue weighted by Gasteiger charge is -2.14. The highest BCUT2D eigenvalue weighted by atomic mass is 16.5. The van der Waals surface area contributed by atoms with Crippen molar-refractivity contribution in [1.82, 2.24) is 20.1 Å². The van der Waals surface area contributed by atoms with Crippen molar-refractivity contribution in [3.63, 3.8) is 0 Å². The lowest BCUT2D eigenvalue weighted by atomic mass is 10.2. The van der Waals surface area contributed by atoms with Crippen molar-refractivity contribution in [3.8, 4) is 0 Å². The second kappa shape index (κ2) is 6.53. The molecule has 0 saturated carbocycles. The zero-order valence-corrected chi connectivity index (χ0v) is 9.73. The van der Waals surface area contributed by atoms with E-state index in [0.717, 1.165) is 31.9 Å². The number of hydrogen-bond acceptors (Lipinski definition) is 4. The van der Waals surface area contributed by atoms with Gasteiger partial charge in [-0.1, -0.05) is 6.92 Å². The van der Waals surface area contributed by atoms with Crippen LogP contribution in [-0.2, 0) is 11.3 Å². The summed E-state index contributed by atoms with van der Waals surface area (Å²) in [5, 5.41) is 7.48. The van der Waals surface area contributed by atoms with Gasteiger partial charge in [0.1, 0.15) is 12.2 Å². The SMILES string of the molecule is CCNCc1ncnn1C(C)CCOC. The maximum absolute atomic E-state index is 5.05. The Kier molecular flexibility index (Phi) is 5.28. The number of rotatable bonds is 7. The predicted octanol–water partition coefficient (Wildman–Crippen LogP) is 0.985. The molecular formula is C10H20N4O. The Morgan fingerprint density at radius 2 is 2.40 bits per heavy atom. The Balaban J connectivity index is 2.54. The van der Waals surface area contributed by atoms with E-state index in [4.69, 9.17) is 4.74 Å². The van der Waals surface area contributed by atoms with Crippen molar-refractivity contribution in [3.05, 3.63) is 12.2 Å². The molecule has 86 valence electrons. The van der Waals surface area contributed by atoms with Gasteiger partial charge in [0.15, 0.2) is 0 Å². The summed E-state index contributed by atoms with van der Waals surface area (Å²) in [7, 11) is 1.72. The highest BCUT2D eigenvalue weighted by Crippen LogP contribution is 2.10. The predicted molar refractivity (Wildman–Crippen MR) is 58.6 cm³/mol. The van der Waals surface area contributed by atoms with Gasteiger partial charge in [-0.25, -0.2) is 9.67 Å². The maximum atomic E-state index is 5.05. The standard InChI is InChI=1S/C10H20N4O/c1-4-11-7-10-12-8-13-14(10)9(2)5-6-15-3/h8-9,11H,4-7H2,1-3H3. The van der Waals surface area contributed by atoms with E-state index >= 15 is 0 Å². The summed E-state index contributed by atoms with van der Waals surface area (Å²) in [5.41, 5.74) is 0. The second-order valence-corrected chi connectivity index (χ2v) is 3.53. The molecule has 0 aromatic carbocycles. The van der Waals surface area contributed by atoms with Crippen LogP contribution in [0.25, 0.3) is 0 Å². The molecule has 1 N–H and O–H groups in total. The number of hydrogen-bond donors (Lipinski definition) is 1. The molecule has 1 rings (SSSR count). The summed E-state index contributed by atoms with van der Waals surface area (Å²) < 4.78 is 7.01. The van der Waals surface area contributed by atoms with Crippen molar-refractivity contribution in [1.29, 1.82) is 0 Å². The van der Waals surface area contributed by atoms with Crippen molar-refractivity contribution in [2.75, 3.05) is 20.3 Å². The van der Waals surface area contributed by atoms with E-state index in [-0.39, 0.29) is 0 Å². The van der Waals surface area contributed by atoms with Gasteiger partial charge in [-0.15, -0.1) is 0 Å². The molecule has 5 heteroatoms. The highest BCUT2D eigenvalue weighted by molar-refractivity contribution is 4.86. The first-order valence-corrected chi connectivity index (χ1v) is 5.37. The molecule has 1 aromatic rings. The van der Waals surface area contributed by atoms with Gasteiger partial charge in [0.05, 0.1) is 12.6 Å². The van der Waals surface area contributed by atoms with Gasteiger partial charge in [0.25, 0.3) is 0 Å². The van der Waals surface area contributed by atoms with Crippen molar-refractivity contribution < 1.29 is 4.74 Å². The van der Waals surface area contributed by atoms with E-state index in [9.17, 15) is 0 Å². The molecule has 0 saturated heterocycles. The molecule has 0 radical (unpaired) electrons. The van der Waals surface area contributed by atoms with E-state index in [1.165, 1.54) is 0 Å². The number of aromatic nitrogens is 3. The van der Waals surface area contributed by atoms with E-state index in [1.54, 1.807) is 13.4 Å². The monoisotopic (exact) mass is 212 g/mol. The third-order valence-electron chi connectivity index (χ3n) is 2.34. The smallest absolute Gasteiger partial charge is 0.141 e. The average molecular weight is 212 g/mol. The molecule has 1 atom stereocenters. The van der Waals surface area contributed by atoms with Crippen LogP contribution in [0.3, 0.4) is 0 Å². The summed E-state index contributed by atoms with van der Waals surface area (Å²) in [6.45, 7) is 6.67.